The minimum Gasteiger partial charge on any atom is -0.334 e. The smallest absolute Gasteiger partial charge is 0.334 e. The summed E-state index contributed by atoms with van der Waals surface area (Å²) in [6, 6.07) is 0. The number of carbonyl (C=O) groups excluding carboxylic acids is 1. The SMILES string of the molecule is O=C(N1C[C@H]2CC=CC[C@H]2C1)C(F)(F)F. The molecule has 1 amide bonds. The van der Waals surface area contributed by atoms with Gasteiger partial charge in [0, 0.05) is 13.1 Å². The molecular formula is C10H12F3NO. The van der Waals surface area contributed by atoms with E-state index < -0.39 is 12.1 Å². The summed E-state index contributed by atoms with van der Waals surface area (Å²) in [4.78, 5) is 11.9. The van der Waals surface area contributed by atoms with Gasteiger partial charge in [-0.1, -0.05) is 12.2 Å². The highest BCUT2D eigenvalue weighted by Crippen LogP contribution is 2.34. The molecule has 84 valence electrons. The second-order valence-corrected chi connectivity index (χ2v) is 4.17. The molecule has 5 heteroatoms. The van der Waals surface area contributed by atoms with Gasteiger partial charge in [0.1, 0.15) is 0 Å². The number of likely N-dealkylation sites (tertiary alicyclic amines) is 1. The average Bonchev–Trinajstić information content (AvgIpc) is 2.58. The fourth-order valence-corrected chi connectivity index (χ4v) is 2.36. The van der Waals surface area contributed by atoms with Gasteiger partial charge in [-0.05, 0) is 24.7 Å². The molecule has 0 aromatic rings. The normalized spacial score (nSPS) is 30.5. The molecule has 0 unspecified atom stereocenters. The molecule has 0 radical (unpaired) electrons. The molecule has 2 aliphatic rings. The standard InChI is InChI=1S/C10H12F3NO/c11-10(12,13)9(15)14-5-7-3-1-2-4-8(7)6-14/h1-2,7-8H,3-6H2/t7-,8+. The van der Waals surface area contributed by atoms with Gasteiger partial charge in [-0.2, -0.15) is 13.2 Å². The molecule has 15 heavy (non-hydrogen) atoms. The minimum absolute atomic E-state index is 0.223. The molecule has 1 fully saturated rings. The second-order valence-electron chi connectivity index (χ2n) is 4.17. The van der Waals surface area contributed by atoms with E-state index in [1.165, 1.54) is 0 Å². The van der Waals surface area contributed by atoms with E-state index >= 15 is 0 Å². The highest BCUT2D eigenvalue weighted by atomic mass is 19.4. The Bertz CT molecular complexity index is 282. The molecule has 2 atom stereocenters. The third kappa shape index (κ3) is 2.01. The van der Waals surface area contributed by atoms with E-state index in [1.54, 1.807) is 0 Å². The Balaban J connectivity index is 2.02. The first kappa shape index (κ1) is 10.5. The van der Waals surface area contributed by atoms with Crippen LogP contribution in [0.1, 0.15) is 12.8 Å². The van der Waals surface area contributed by atoms with Crippen LogP contribution in [0.3, 0.4) is 0 Å². The number of amides is 1. The van der Waals surface area contributed by atoms with Gasteiger partial charge in [-0.15, -0.1) is 0 Å². The number of nitrogens with zero attached hydrogens (tertiary/aromatic N) is 1. The lowest BCUT2D eigenvalue weighted by Crippen LogP contribution is -2.39. The topological polar surface area (TPSA) is 20.3 Å². The van der Waals surface area contributed by atoms with E-state index in [0.717, 1.165) is 17.7 Å². The maximum atomic E-state index is 12.2. The molecular weight excluding hydrogens is 207 g/mol. The van der Waals surface area contributed by atoms with Gasteiger partial charge in [0.15, 0.2) is 0 Å². The van der Waals surface area contributed by atoms with Crippen LogP contribution in [-0.4, -0.2) is 30.1 Å². The van der Waals surface area contributed by atoms with Gasteiger partial charge in [0.25, 0.3) is 0 Å². The van der Waals surface area contributed by atoms with Crippen LogP contribution in [0.15, 0.2) is 12.2 Å². The average molecular weight is 219 g/mol. The van der Waals surface area contributed by atoms with E-state index in [2.05, 4.69) is 0 Å². The van der Waals surface area contributed by atoms with Crippen LogP contribution < -0.4 is 0 Å². The van der Waals surface area contributed by atoms with Crippen LogP contribution in [0.4, 0.5) is 13.2 Å². The Hall–Kier alpha value is -1.00. The van der Waals surface area contributed by atoms with E-state index in [4.69, 9.17) is 0 Å². The summed E-state index contributed by atoms with van der Waals surface area (Å²) in [7, 11) is 0. The van der Waals surface area contributed by atoms with Gasteiger partial charge in [-0.3, -0.25) is 4.79 Å². The zero-order chi connectivity index (χ0) is 11.1. The molecule has 0 N–H and O–H groups in total. The molecule has 0 saturated carbocycles. The number of hydrogen-bond acceptors (Lipinski definition) is 1. The molecule has 2 rings (SSSR count). The molecule has 1 aliphatic carbocycles. The summed E-state index contributed by atoms with van der Waals surface area (Å²) in [5.74, 6) is -1.24. The number of halogens is 3. The monoisotopic (exact) mass is 219 g/mol. The van der Waals surface area contributed by atoms with Crippen molar-refractivity contribution in [3.8, 4) is 0 Å². The quantitative estimate of drug-likeness (QED) is 0.570. The zero-order valence-electron chi connectivity index (χ0n) is 8.13. The van der Waals surface area contributed by atoms with Crippen molar-refractivity contribution in [3.05, 3.63) is 12.2 Å². The predicted octanol–water partition coefficient (Wildman–Crippen LogP) is 1.97. The van der Waals surface area contributed by atoms with Crippen molar-refractivity contribution >= 4 is 5.91 Å². The Morgan fingerprint density at radius 3 is 2.00 bits per heavy atom. The van der Waals surface area contributed by atoms with Crippen LogP contribution in [0.25, 0.3) is 0 Å². The Morgan fingerprint density at radius 1 is 1.13 bits per heavy atom. The fraction of sp³-hybridized carbons (Fsp3) is 0.700. The summed E-state index contributed by atoms with van der Waals surface area (Å²) >= 11 is 0. The highest BCUT2D eigenvalue weighted by Gasteiger charge is 2.46. The van der Waals surface area contributed by atoms with Gasteiger partial charge in [-0.25, -0.2) is 0 Å². The molecule has 0 aromatic heterocycles. The van der Waals surface area contributed by atoms with Crippen LogP contribution in [0.5, 0.6) is 0 Å². The Kier molecular flexibility index (Phi) is 2.48. The van der Waals surface area contributed by atoms with Crippen LogP contribution in [-0.2, 0) is 4.79 Å². The largest absolute Gasteiger partial charge is 0.471 e. The second kappa shape index (κ2) is 3.54. The van der Waals surface area contributed by atoms with E-state index in [9.17, 15) is 18.0 Å². The van der Waals surface area contributed by atoms with Crippen molar-refractivity contribution in [2.24, 2.45) is 11.8 Å². The summed E-state index contributed by atoms with van der Waals surface area (Å²) in [5, 5.41) is 0. The first-order valence-electron chi connectivity index (χ1n) is 4.99. The van der Waals surface area contributed by atoms with Crippen LogP contribution >= 0.6 is 0 Å². The molecule has 1 saturated heterocycles. The summed E-state index contributed by atoms with van der Waals surface area (Å²) in [6.45, 7) is 0.515. The Labute approximate surface area is 85.7 Å². The fourth-order valence-electron chi connectivity index (χ4n) is 2.36. The lowest BCUT2D eigenvalue weighted by molar-refractivity contribution is -0.184. The summed E-state index contributed by atoms with van der Waals surface area (Å²) in [6.07, 6.45) is 0.852. The first-order chi connectivity index (χ1) is 6.98. The highest BCUT2D eigenvalue weighted by molar-refractivity contribution is 5.82. The van der Waals surface area contributed by atoms with Crippen molar-refractivity contribution in [3.63, 3.8) is 0 Å². The van der Waals surface area contributed by atoms with Crippen molar-refractivity contribution in [1.29, 1.82) is 0 Å². The predicted molar refractivity (Wildman–Crippen MR) is 48.0 cm³/mol. The third-order valence-corrected chi connectivity index (χ3v) is 3.15. The third-order valence-electron chi connectivity index (χ3n) is 3.15. The molecule has 0 spiro atoms. The zero-order valence-corrected chi connectivity index (χ0v) is 8.13. The lowest BCUT2D eigenvalue weighted by atomic mass is 9.86. The molecule has 1 aliphatic heterocycles. The number of alkyl halides is 3. The van der Waals surface area contributed by atoms with Crippen molar-refractivity contribution in [2.75, 3.05) is 13.1 Å². The van der Waals surface area contributed by atoms with Gasteiger partial charge in [0.05, 0.1) is 0 Å². The summed E-state index contributed by atoms with van der Waals surface area (Å²) in [5.41, 5.74) is 0. The van der Waals surface area contributed by atoms with Crippen LogP contribution in [0.2, 0.25) is 0 Å². The summed E-state index contributed by atoms with van der Waals surface area (Å²) < 4.78 is 36.5. The molecule has 0 bridgehead atoms. The van der Waals surface area contributed by atoms with Crippen molar-refractivity contribution in [2.45, 2.75) is 19.0 Å². The van der Waals surface area contributed by atoms with Gasteiger partial charge < -0.3 is 4.90 Å². The molecule has 1 heterocycles. The Morgan fingerprint density at radius 2 is 1.60 bits per heavy atom. The van der Waals surface area contributed by atoms with Gasteiger partial charge in [0.2, 0.25) is 0 Å². The maximum absolute atomic E-state index is 12.2. The van der Waals surface area contributed by atoms with Gasteiger partial charge >= 0.3 is 12.1 Å². The first-order valence-corrected chi connectivity index (χ1v) is 4.99. The van der Waals surface area contributed by atoms with Crippen molar-refractivity contribution < 1.29 is 18.0 Å². The van der Waals surface area contributed by atoms with E-state index in [-0.39, 0.29) is 24.9 Å². The number of rotatable bonds is 0. The number of hydrogen-bond donors (Lipinski definition) is 0. The number of carbonyl (C=O) groups is 1. The minimum atomic E-state index is -4.72. The van der Waals surface area contributed by atoms with Crippen LogP contribution in [0, 0.1) is 11.8 Å². The van der Waals surface area contributed by atoms with Crippen molar-refractivity contribution in [1.82, 2.24) is 4.90 Å². The number of fused-ring (bicyclic) bond motifs is 1. The maximum Gasteiger partial charge on any atom is 0.471 e. The lowest BCUT2D eigenvalue weighted by Gasteiger charge is -2.17. The van der Waals surface area contributed by atoms with E-state index in [1.807, 2.05) is 12.2 Å². The number of allylic oxidation sites excluding steroid dienone is 2. The van der Waals surface area contributed by atoms with E-state index in [0.29, 0.717) is 0 Å². The molecule has 2 nitrogen and oxygen atoms in total. The molecule has 0 aromatic carbocycles.